The maximum atomic E-state index is 5.64. The molecule has 94 valence electrons. The summed E-state index contributed by atoms with van der Waals surface area (Å²) in [5.41, 5.74) is 9.55. The first-order valence-corrected chi connectivity index (χ1v) is 7.83. The largest absolute Gasteiger partial charge is 0.326 e. The van der Waals surface area contributed by atoms with E-state index in [1.165, 1.54) is 16.7 Å². The van der Waals surface area contributed by atoms with Crippen molar-refractivity contribution in [3.05, 3.63) is 69.7 Å². The first-order valence-electron chi connectivity index (χ1n) is 5.88. The van der Waals surface area contributed by atoms with E-state index in [1.54, 1.807) is 0 Å². The van der Waals surface area contributed by atoms with E-state index in [0.717, 1.165) is 16.0 Å². The molecule has 0 spiro atoms. The van der Waals surface area contributed by atoms with Gasteiger partial charge in [-0.05, 0) is 28.8 Å². The molecule has 2 N–H and O–H groups in total. The number of rotatable bonds is 5. The minimum Gasteiger partial charge on any atom is -0.326 e. The predicted molar refractivity (Wildman–Crippen MR) is 83.5 cm³/mol. The van der Waals surface area contributed by atoms with Crippen molar-refractivity contribution < 1.29 is 0 Å². The molecular formula is C15H16BrNS. The van der Waals surface area contributed by atoms with Crippen molar-refractivity contribution in [2.45, 2.75) is 18.1 Å². The molecule has 0 aromatic heterocycles. The molecule has 0 radical (unpaired) electrons. The third kappa shape index (κ3) is 4.16. The van der Waals surface area contributed by atoms with E-state index in [4.69, 9.17) is 5.73 Å². The van der Waals surface area contributed by atoms with Gasteiger partial charge in [0.05, 0.1) is 0 Å². The van der Waals surface area contributed by atoms with Crippen LogP contribution in [0.3, 0.4) is 0 Å². The topological polar surface area (TPSA) is 26.0 Å². The van der Waals surface area contributed by atoms with Gasteiger partial charge < -0.3 is 5.73 Å². The number of nitrogens with two attached hydrogens (primary N) is 1. The Kier molecular flexibility index (Phi) is 5.29. The van der Waals surface area contributed by atoms with E-state index >= 15 is 0 Å². The zero-order valence-electron chi connectivity index (χ0n) is 10.1. The summed E-state index contributed by atoms with van der Waals surface area (Å²) in [6.07, 6.45) is 0. The normalized spacial score (nSPS) is 10.6. The van der Waals surface area contributed by atoms with E-state index in [-0.39, 0.29) is 0 Å². The van der Waals surface area contributed by atoms with Crippen molar-refractivity contribution in [2.24, 2.45) is 5.73 Å². The Morgan fingerprint density at radius 2 is 1.56 bits per heavy atom. The molecule has 3 heteroatoms. The van der Waals surface area contributed by atoms with Crippen molar-refractivity contribution in [3.63, 3.8) is 0 Å². The average molecular weight is 322 g/mol. The third-order valence-electron chi connectivity index (χ3n) is 2.68. The lowest BCUT2D eigenvalue weighted by Gasteiger charge is -2.04. The van der Waals surface area contributed by atoms with Crippen LogP contribution >= 0.6 is 27.7 Å². The van der Waals surface area contributed by atoms with Crippen LogP contribution in [0.5, 0.6) is 0 Å². The van der Waals surface area contributed by atoms with Crippen LogP contribution < -0.4 is 5.73 Å². The fraction of sp³-hybridized carbons (Fsp3) is 0.200. The molecule has 0 aliphatic rings. The predicted octanol–water partition coefficient (Wildman–Crippen LogP) is 4.34. The van der Waals surface area contributed by atoms with Crippen molar-refractivity contribution in [3.8, 4) is 0 Å². The Labute approximate surface area is 121 Å². The van der Waals surface area contributed by atoms with Crippen LogP contribution in [-0.2, 0) is 18.1 Å². The van der Waals surface area contributed by atoms with Crippen LogP contribution in [-0.4, -0.2) is 0 Å². The molecule has 0 bridgehead atoms. The summed E-state index contributed by atoms with van der Waals surface area (Å²) in [5, 5.41) is 0. The van der Waals surface area contributed by atoms with Gasteiger partial charge in [-0.2, -0.15) is 11.8 Å². The molecule has 2 aromatic carbocycles. The summed E-state index contributed by atoms with van der Waals surface area (Å²) < 4.78 is 1.13. The molecule has 0 atom stereocenters. The average Bonchev–Trinajstić information content (AvgIpc) is 2.41. The SMILES string of the molecule is NCc1cccc(CSCc2ccc(Br)cc2)c1. The summed E-state index contributed by atoms with van der Waals surface area (Å²) in [5.74, 6) is 2.07. The van der Waals surface area contributed by atoms with Gasteiger partial charge in [-0.3, -0.25) is 0 Å². The smallest absolute Gasteiger partial charge is 0.0188 e. The zero-order valence-corrected chi connectivity index (χ0v) is 12.5. The highest BCUT2D eigenvalue weighted by Crippen LogP contribution is 2.20. The number of hydrogen-bond donors (Lipinski definition) is 1. The Hall–Kier alpha value is -0.770. The molecule has 0 unspecified atom stereocenters. The van der Waals surface area contributed by atoms with Crippen molar-refractivity contribution in [1.82, 2.24) is 0 Å². The summed E-state index contributed by atoms with van der Waals surface area (Å²) >= 11 is 5.38. The van der Waals surface area contributed by atoms with E-state index in [1.807, 2.05) is 11.8 Å². The summed E-state index contributed by atoms with van der Waals surface area (Å²) in [7, 11) is 0. The maximum Gasteiger partial charge on any atom is 0.0188 e. The molecule has 1 nitrogen and oxygen atoms in total. The van der Waals surface area contributed by atoms with Gasteiger partial charge in [0.25, 0.3) is 0 Å². The van der Waals surface area contributed by atoms with Crippen LogP contribution in [0, 0.1) is 0 Å². The molecule has 0 saturated carbocycles. The molecule has 18 heavy (non-hydrogen) atoms. The fourth-order valence-corrected chi connectivity index (χ4v) is 2.92. The van der Waals surface area contributed by atoms with Crippen LogP contribution in [0.2, 0.25) is 0 Å². The zero-order chi connectivity index (χ0) is 12.8. The Morgan fingerprint density at radius 1 is 0.889 bits per heavy atom. The molecule has 0 heterocycles. The standard InChI is InChI=1S/C15H16BrNS/c16-15-6-4-12(5-7-15)10-18-11-14-3-1-2-13(8-14)9-17/h1-8H,9-11,17H2. The molecule has 0 aliphatic heterocycles. The van der Waals surface area contributed by atoms with Crippen LogP contribution in [0.1, 0.15) is 16.7 Å². The van der Waals surface area contributed by atoms with Crippen molar-refractivity contribution in [1.29, 1.82) is 0 Å². The van der Waals surface area contributed by atoms with E-state index in [0.29, 0.717) is 6.54 Å². The summed E-state index contributed by atoms with van der Waals surface area (Å²) in [6, 6.07) is 17.0. The van der Waals surface area contributed by atoms with Gasteiger partial charge in [0, 0.05) is 22.5 Å². The highest BCUT2D eigenvalue weighted by atomic mass is 79.9. The van der Waals surface area contributed by atoms with Crippen LogP contribution in [0.15, 0.2) is 53.0 Å². The van der Waals surface area contributed by atoms with E-state index in [9.17, 15) is 0 Å². The van der Waals surface area contributed by atoms with Gasteiger partial charge in [0.1, 0.15) is 0 Å². The number of thioether (sulfide) groups is 1. The monoisotopic (exact) mass is 321 g/mol. The third-order valence-corrected chi connectivity index (χ3v) is 4.28. The molecule has 0 amide bonds. The lowest BCUT2D eigenvalue weighted by Crippen LogP contribution is -1.96. The maximum absolute atomic E-state index is 5.64. The quantitative estimate of drug-likeness (QED) is 0.886. The van der Waals surface area contributed by atoms with Crippen LogP contribution in [0.25, 0.3) is 0 Å². The minimum atomic E-state index is 0.616. The molecule has 0 aliphatic carbocycles. The van der Waals surface area contributed by atoms with Crippen molar-refractivity contribution in [2.75, 3.05) is 0 Å². The fourth-order valence-electron chi connectivity index (χ4n) is 1.71. The highest BCUT2D eigenvalue weighted by molar-refractivity contribution is 9.10. The molecule has 0 fully saturated rings. The van der Waals surface area contributed by atoms with Gasteiger partial charge in [-0.25, -0.2) is 0 Å². The van der Waals surface area contributed by atoms with Gasteiger partial charge in [-0.15, -0.1) is 0 Å². The Morgan fingerprint density at radius 3 is 2.28 bits per heavy atom. The van der Waals surface area contributed by atoms with Gasteiger partial charge in [0.15, 0.2) is 0 Å². The van der Waals surface area contributed by atoms with E-state index in [2.05, 4.69) is 64.5 Å². The first-order chi connectivity index (χ1) is 8.78. The number of hydrogen-bond acceptors (Lipinski definition) is 2. The minimum absolute atomic E-state index is 0.616. The summed E-state index contributed by atoms with van der Waals surface area (Å²) in [6.45, 7) is 0.616. The number of benzene rings is 2. The second kappa shape index (κ2) is 6.98. The van der Waals surface area contributed by atoms with Gasteiger partial charge in [0.2, 0.25) is 0 Å². The second-order valence-electron chi connectivity index (χ2n) is 4.14. The first kappa shape index (κ1) is 13.7. The number of halogens is 1. The Bertz CT molecular complexity index is 496. The second-order valence-corrected chi connectivity index (χ2v) is 6.04. The van der Waals surface area contributed by atoms with Gasteiger partial charge in [-0.1, -0.05) is 52.3 Å². The Balaban J connectivity index is 1.86. The van der Waals surface area contributed by atoms with Gasteiger partial charge >= 0.3 is 0 Å². The van der Waals surface area contributed by atoms with Crippen LogP contribution in [0.4, 0.5) is 0 Å². The van der Waals surface area contributed by atoms with E-state index < -0.39 is 0 Å². The molecule has 0 saturated heterocycles. The lowest BCUT2D eigenvalue weighted by atomic mass is 10.1. The lowest BCUT2D eigenvalue weighted by molar-refractivity contribution is 1.06. The molecule has 2 rings (SSSR count). The molecular weight excluding hydrogens is 306 g/mol. The molecule has 2 aromatic rings. The highest BCUT2D eigenvalue weighted by Gasteiger charge is 1.97. The van der Waals surface area contributed by atoms with Crippen molar-refractivity contribution >= 4 is 27.7 Å². The summed E-state index contributed by atoms with van der Waals surface area (Å²) in [4.78, 5) is 0.